The molecule has 0 amide bonds. The summed E-state index contributed by atoms with van der Waals surface area (Å²) in [4.78, 5) is 0. The van der Waals surface area contributed by atoms with Crippen molar-refractivity contribution >= 4 is 0 Å². The highest BCUT2D eigenvalue weighted by molar-refractivity contribution is 5.36. The summed E-state index contributed by atoms with van der Waals surface area (Å²) in [6.45, 7) is 0.583. The predicted octanol–water partition coefficient (Wildman–Crippen LogP) is 1.46. The average molecular weight is 147 g/mol. The zero-order valence-electron chi connectivity index (χ0n) is 6.08. The van der Waals surface area contributed by atoms with Crippen molar-refractivity contribution in [2.75, 3.05) is 6.73 Å². The Kier molecular flexibility index (Phi) is 1.52. The highest BCUT2D eigenvalue weighted by atomic mass is 16.5. The molecule has 2 rings (SSSR count). The molecule has 1 aliphatic heterocycles. The van der Waals surface area contributed by atoms with Crippen LogP contribution in [0.15, 0.2) is 47.9 Å². The molecule has 0 spiro atoms. The second-order valence-corrected chi connectivity index (χ2v) is 2.35. The Balaban J connectivity index is 2.35. The van der Waals surface area contributed by atoms with Gasteiger partial charge in [0.2, 0.25) is 0 Å². The van der Waals surface area contributed by atoms with Gasteiger partial charge in [-0.2, -0.15) is 0 Å². The van der Waals surface area contributed by atoms with Crippen LogP contribution < -0.4 is 5.32 Å². The van der Waals surface area contributed by atoms with Crippen LogP contribution in [-0.4, -0.2) is 6.73 Å². The third-order valence-corrected chi connectivity index (χ3v) is 1.60. The van der Waals surface area contributed by atoms with Crippen molar-refractivity contribution < 1.29 is 4.74 Å². The number of hydrogen-bond donors (Lipinski definition) is 1. The Morgan fingerprint density at radius 3 is 2.82 bits per heavy atom. The van der Waals surface area contributed by atoms with Crippen LogP contribution >= 0.6 is 0 Å². The molecule has 2 nitrogen and oxygen atoms in total. The van der Waals surface area contributed by atoms with Gasteiger partial charge in [-0.1, -0.05) is 24.3 Å². The summed E-state index contributed by atoms with van der Waals surface area (Å²) < 4.78 is 5.29. The lowest BCUT2D eigenvalue weighted by molar-refractivity contribution is 0.254. The highest BCUT2D eigenvalue weighted by Crippen LogP contribution is 2.15. The van der Waals surface area contributed by atoms with Crippen molar-refractivity contribution in [2.45, 2.75) is 0 Å². The molecule has 1 saturated heterocycles. The summed E-state index contributed by atoms with van der Waals surface area (Å²) in [7, 11) is 0. The van der Waals surface area contributed by atoms with Gasteiger partial charge in [0.05, 0.1) is 5.70 Å². The second-order valence-electron chi connectivity index (χ2n) is 2.35. The largest absolute Gasteiger partial charge is 0.471 e. The second kappa shape index (κ2) is 2.66. The van der Waals surface area contributed by atoms with Gasteiger partial charge in [-0.25, -0.2) is 0 Å². The van der Waals surface area contributed by atoms with Gasteiger partial charge in [-0.3, -0.25) is 0 Å². The first kappa shape index (κ1) is 6.28. The Morgan fingerprint density at radius 2 is 1.91 bits per heavy atom. The fourth-order valence-electron chi connectivity index (χ4n) is 1.06. The van der Waals surface area contributed by atoms with E-state index in [0.29, 0.717) is 6.73 Å². The molecular formula is C9H9NO. The van der Waals surface area contributed by atoms with Crippen molar-refractivity contribution in [2.24, 2.45) is 0 Å². The molecule has 1 fully saturated rings. The first-order valence-corrected chi connectivity index (χ1v) is 3.59. The summed E-state index contributed by atoms with van der Waals surface area (Å²) in [5.74, 6) is 0.922. The highest BCUT2D eigenvalue weighted by Gasteiger charge is 2.11. The monoisotopic (exact) mass is 147 g/mol. The number of fused-ring (bicyclic) bond motifs is 1. The van der Waals surface area contributed by atoms with E-state index >= 15 is 0 Å². The lowest BCUT2D eigenvalue weighted by Gasteiger charge is -1.96. The van der Waals surface area contributed by atoms with Crippen LogP contribution in [0.25, 0.3) is 0 Å². The van der Waals surface area contributed by atoms with Gasteiger partial charge in [0, 0.05) is 0 Å². The molecule has 0 aromatic rings. The molecule has 0 bridgehead atoms. The van der Waals surface area contributed by atoms with E-state index in [-0.39, 0.29) is 0 Å². The quantitative estimate of drug-likeness (QED) is 0.560. The maximum Gasteiger partial charge on any atom is 0.159 e. The van der Waals surface area contributed by atoms with Crippen molar-refractivity contribution in [1.29, 1.82) is 0 Å². The minimum absolute atomic E-state index is 0.583. The Hall–Kier alpha value is -1.44. The molecule has 0 aromatic heterocycles. The summed E-state index contributed by atoms with van der Waals surface area (Å²) >= 11 is 0. The summed E-state index contributed by atoms with van der Waals surface area (Å²) in [6.07, 6.45) is 11.9. The van der Waals surface area contributed by atoms with Gasteiger partial charge in [0.1, 0.15) is 5.76 Å². The molecule has 0 unspecified atom stereocenters. The van der Waals surface area contributed by atoms with Crippen molar-refractivity contribution in [1.82, 2.24) is 5.32 Å². The van der Waals surface area contributed by atoms with Crippen LogP contribution in [0.4, 0.5) is 0 Å². The molecule has 1 aliphatic carbocycles. The molecule has 2 heteroatoms. The number of ether oxygens (including phenoxy) is 1. The summed E-state index contributed by atoms with van der Waals surface area (Å²) in [5, 5.41) is 3.11. The van der Waals surface area contributed by atoms with Gasteiger partial charge in [-0.15, -0.1) is 0 Å². The zero-order chi connectivity index (χ0) is 7.52. The van der Waals surface area contributed by atoms with E-state index in [1.54, 1.807) is 0 Å². The van der Waals surface area contributed by atoms with Gasteiger partial charge in [0.25, 0.3) is 0 Å². The van der Waals surface area contributed by atoms with E-state index < -0.39 is 0 Å². The standard InChI is InChI=1S/C9H9NO/c1-2-4-6-9-8(5-3-1)10-7-11-9/h1-6,10H,7H2/b2-1?,3-1+,4-2-,5-3?,6-4?,8-5-,9-6+. The molecule has 0 atom stereocenters. The van der Waals surface area contributed by atoms with E-state index in [1.165, 1.54) is 0 Å². The summed E-state index contributed by atoms with van der Waals surface area (Å²) in [5.41, 5.74) is 1.06. The third kappa shape index (κ3) is 1.19. The third-order valence-electron chi connectivity index (χ3n) is 1.60. The lowest BCUT2D eigenvalue weighted by atomic mass is 10.2. The topological polar surface area (TPSA) is 21.3 Å². The SMILES string of the molecule is C1=C\C=C2\OCN\C2=C/C=C/1. The van der Waals surface area contributed by atoms with Crippen LogP contribution in [0.1, 0.15) is 0 Å². The molecule has 0 saturated carbocycles. The number of rotatable bonds is 0. The molecule has 0 radical (unpaired) electrons. The summed E-state index contributed by atoms with van der Waals surface area (Å²) in [6, 6.07) is 0. The van der Waals surface area contributed by atoms with E-state index in [9.17, 15) is 0 Å². The van der Waals surface area contributed by atoms with E-state index in [1.807, 2.05) is 36.5 Å². The predicted molar refractivity (Wildman–Crippen MR) is 43.5 cm³/mol. The average Bonchev–Trinajstić information content (AvgIpc) is 2.35. The minimum Gasteiger partial charge on any atom is -0.471 e. The van der Waals surface area contributed by atoms with Gasteiger partial charge in [-0.05, 0) is 12.2 Å². The fourth-order valence-corrected chi connectivity index (χ4v) is 1.06. The maximum absolute atomic E-state index is 5.29. The molecule has 11 heavy (non-hydrogen) atoms. The van der Waals surface area contributed by atoms with Crippen LogP contribution in [0.2, 0.25) is 0 Å². The Morgan fingerprint density at radius 1 is 1.09 bits per heavy atom. The van der Waals surface area contributed by atoms with Gasteiger partial charge in [0.15, 0.2) is 6.73 Å². The van der Waals surface area contributed by atoms with E-state index in [2.05, 4.69) is 5.32 Å². The first-order chi connectivity index (χ1) is 5.47. The Bertz CT molecular complexity index is 243. The number of allylic oxidation sites excluding steroid dienone is 6. The Labute approximate surface area is 65.6 Å². The van der Waals surface area contributed by atoms with Crippen molar-refractivity contribution in [3.8, 4) is 0 Å². The van der Waals surface area contributed by atoms with Crippen molar-refractivity contribution in [3.63, 3.8) is 0 Å². The molecular weight excluding hydrogens is 138 g/mol. The van der Waals surface area contributed by atoms with Crippen LogP contribution in [0.3, 0.4) is 0 Å². The molecule has 1 N–H and O–H groups in total. The fraction of sp³-hybridized carbons (Fsp3) is 0.111. The molecule has 1 heterocycles. The minimum atomic E-state index is 0.583. The number of nitrogens with one attached hydrogen (secondary N) is 1. The smallest absolute Gasteiger partial charge is 0.159 e. The van der Waals surface area contributed by atoms with Crippen LogP contribution in [0, 0.1) is 0 Å². The maximum atomic E-state index is 5.29. The zero-order valence-corrected chi connectivity index (χ0v) is 6.08. The molecule has 2 aliphatic rings. The van der Waals surface area contributed by atoms with Crippen LogP contribution in [0.5, 0.6) is 0 Å². The van der Waals surface area contributed by atoms with Gasteiger partial charge >= 0.3 is 0 Å². The van der Waals surface area contributed by atoms with E-state index in [0.717, 1.165) is 11.5 Å². The number of hydrogen-bond acceptors (Lipinski definition) is 2. The first-order valence-electron chi connectivity index (χ1n) is 3.59. The molecule has 56 valence electrons. The molecule has 0 aromatic carbocycles. The lowest BCUT2D eigenvalue weighted by Crippen LogP contribution is -2.03. The van der Waals surface area contributed by atoms with Crippen molar-refractivity contribution in [3.05, 3.63) is 47.9 Å². The van der Waals surface area contributed by atoms with Crippen LogP contribution in [-0.2, 0) is 4.74 Å². The normalized spacial score (nSPS) is 35.6. The van der Waals surface area contributed by atoms with E-state index in [4.69, 9.17) is 4.74 Å². The van der Waals surface area contributed by atoms with Gasteiger partial charge < -0.3 is 10.1 Å².